The average molecular weight is 241 g/mol. The van der Waals surface area contributed by atoms with Gasteiger partial charge in [-0.25, -0.2) is 0 Å². The SMILES string of the molecule is CC(CCN1C(=O)C2CCC(O2)C1=O)C(=O)O. The molecular weight excluding hydrogens is 226 g/mol. The van der Waals surface area contributed by atoms with Gasteiger partial charge in [0.2, 0.25) is 0 Å². The maximum atomic E-state index is 11.8. The number of carboxylic acid groups (broad SMARTS) is 1. The lowest BCUT2D eigenvalue weighted by Gasteiger charge is -2.30. The Labute approximate surface area is 98.5 Å². The number of hydrogen-bond acceptors (Lipinski definition) is 4. The quantitative estimate of drug-likeness (QED) is 0.701. The number of amides is 2. The van der Waals surface area contributed by atoms with Crippen molar-refractivity contribution in [2.24, 2.45) is 5.92 Å². The van der Waals surface area contributed by atoms with Gasteiger partial charge in [0.25, 0.3) is 11.8 Å². The molecule has 2 aliphatic heterocycles. The number of ether oxygens (including phenoxy) is 1. The molecule has 0 radical (unpaired) electrons. The first-order valence-corrected chi connectivity index (χ1v) is 5.74. The van der Waals surface area contributed by atoms with Gasteiger partial charge in [0.1, 0.15) is 12.2 Å². The Balaban J connectivity index is 1.98. The van der Waals surface area contributed by atoms with Gasteiger partial charge in [-0.2, -0.15) is 0 Å². The van der Waals surface area contributed by atoms with Crippen LogP contribution in [0, 0.1) is 5.92 Å². The molecule has 94 valence electrons. The van der Waals surface area contributed by atoms with Crippen molar-refractivity contribution in [3.05, 3.63) is 0 Å². The van der Waals surface area contributed by atoms with Crippen molar-refractivity contribution in [3.8, 4) is 0 Å². The molecule has 0 aliphatic carbocycles. The summed E-state index contributed by atoms with van der Waals surface area (Å²) in [6, 6.07) is 0. The summed E-state index contributed by atoms with van der Waals surface area (Å²) in [5.74, 6) is -2.11. The second kappa shape index (κ2) is 4.44. The zero-order valence-electron chi connectivity index (χ0n) is 9.59. The second-order valence-corrected chi connectivity index (χ2v) is 4.55. The fraction of sp³-hybridized carbons (Fsp3) is 0.727. The van der Waals surface area contributed by atoms with E-state index < -0.39 is 24.1 Å². The van der Waals surface area contributed by atoms with Crippen LogP contribution in [0.1, 0.15) is 26.2 Å². The summed E-state index contributed by atoms with van der Waals surface area (Å²) in [6.07, 6.45) is 0.447. The summed E-state index contributed by atoms with van der Waals surface area (Å²) in [5.41, 5.74) is 0. The number of likely N-dealkylation sites (tertiary alicyclic amines) is 1. The molecule has 0 saturated carbocycles. The Morgan fingerprint density at radius 1 is 1.41 bits per heavy atom. The lowest BCUT2D eigenvalue weighted by molar-refractivity contribution is -0.169. The van der Waals surface area contributed by atoms with Gasteiger partial charge in [-0.05, 0) is 19.3 Å². The Morgan fingerprint density at radius 2 is 1.94 bits per heavy atom. The van der Waals surface area contributed by atoms with Gasteiger partial charge < -0.3 is 9.84 Å². The highest BCUT2D eigenvalue weighted by molar-refractivity contribution is 6.02. The highest BCUT2D eigenvalue weighted by Gasteiger charge is 2.46. The molecular formula is C11H15NO5. The third-order valence-electron chi connectivity index (χ3n) is 3.31. The van der Waals surface area contributed by atoms with Crippen LogP contribution in [0.2, 0.25) is 0 Å². The first-order valence-electron chi connectivity index (χ1n) is 5.74. The third-order valence-corrected chi connectivity index (χ3v) is 3.31. The van der Waals surface area contributed by atoms with Gasteiger partial charge in [0.15, 0.2) is 0 Å². The Bertz CT molecular complexity index is 345. The standard InChI is InChI=1S/C11H15NO5/c1-6(11(15)16)4-5-12-9(13)7-2-3-8(17-7)10(12)14/h6-8H,2-5H2,1H3,(H,15,16). The van der Waals surface area contributed by atoms with Crippen molar-refractivity contribution in [3.63, 3.8) is 0 Å². The molecule has 2 saturated heterocycles. The van der Waals surface area contributed by atoms with E-state index in [2.05, 4.69) is 0 Å². The van der Waals surface area contributed by atoms with Crippen LogP contribution in [-0.2, 0) is 19.1 Å². The van der Waals surface area contributed by atoms with Crippen molar-refractivity contribution in [1.82, 2.24) is 4.90 Å². The van der Waals surface area contributed by atoms with Crippen LogP contribution in [0.15, 0.2) is 0 Å². The van der Waals surface area contributed by atoms with E-state index in [0.717, 1.165) is 4.90 Å². The predicted molar refractivity (Wildman–Crippen MR) is 56.0 cm³/mol. The van der Waals surface area contributed by atoms with Crippen LogP contribution in [-0.4, -0.2) is 46.5 Å². The molecule has 3 atom stereocenters. The highest BCUT2D eigenvalue weighted by atomic mass is 16.5. The smallest absolute Gasteiger partial charge is 0.306 e. The summed E-state index contributed by atoms with van der Waals surface area (Å²) in [5, 5.41) is 8.75. The number of carbonyl (C=O) groups is 3. The average Bonchev–Trinajstić information content (AvgIpc) is 2.73. The molecule has 3 unspecified atom stereocenters. The van der Waals surface area contributed by atoms with Crippen molar-refractivity contribution >= 4 is 17.8 Å². The largest absolute Gasteiger partial charge is 0.481 e. The van der Waals surface area contributed by atoms with Crippen LogP contribution in [0.5, 0.6) is 0 Å². The van der Waals surface area contributed by atoms with E-state index in [0.29, 0.717) is 12.8 Å². The van der Waals surface area contributed by atoms with Gasteiger partial charge >= 0.3 is 5.97 Å². The first kappa shape index (κ1) is 12.0. The van der Waals surface area contributed by atoms with E-state index in [4.69, 9.17) is 9.84 Å². The molecule has 2 rings (SSSR count). The molecule has 6 nitrogen and oxygen atoms in total. The number of aliphatic carboxylic acids is 1. The molecule has 2 fully saturated rings. The van der Waals surface area contributed by atoms with Crippen LogP contribution in [0.25, 0.3) is 0 Å². The lowest BCUT2D eigenvalue weighted by Crippen LogP contribution is -2.52. The Kier molecular flexibility index (Phi) is 3.15. The third kappa shape index (κ3) is 2.17. The number of carboxylic acids is 1. The maximum Gasteiger partial charge on any atom is 0.306 e. The van der Waals surface area contributed by atoms with E-state index in [1.54, 1.807) is 6.92 Å². The lowest BCUT2D eigenvalue weighted by atomic mass is 10.1. The fourth-order valence-electron chi connectivity index (χ4n) is 2.12. The fourth-order valence-corrected chi connectivity index (χ4v) is 2.12. The summed E-state index contributed by atoms with van der Waals surface area (Å²) >= 11 is 0. The zero-order valence-corrected chi connectivity index (χ0v) is 9.59. The van der Waals surface area contributed by atoms with E-state index in [9.17, 15) is 14.4 Å². The van der Waals surface area contributed by atoms with Crippen LogP contribution >= 0.6 is 0 Å². The number of imide groups is 1. The first-order chi connectivity index (χ1) is 8.00. The van der Waals surface area contributed by atoms with Crippen molar-refractivity contribution < 1.29 is 24.2 Å². The van der Waals surface area contributed by atoms with Gasteiger partial charge in [-0.1, -0.05) is 6.92 Å². The summed E-state index contributed by atoms with van der Waals surface area (Å²) in [7, 11) is 0. The van der Waals surface area contributed by atoms with Crippen molar-refractivity contribution in [2.75, 3.05) is 6.54 Å². The van der Waals surface area contributed by atoms with Crippen molar-refractivity contribution in [2.45, 2.75) is 38.4 Å². The molecule has 0 aromatic rings. The van der Waals surface area contributed by atoms with E-state index in [-0.39, 0.29) is 24.8 Å². The molecule has 2 bridgehead atoms. The molecule has 0 aromatic heterocycles. The minimum Gasteiger partial charge on any atom is -0.481 e. The number of rotatable bonds is 4. The van der Waals surface area contributed by atoms with Gasteiger partial charge in [-0.15, -0.1) is 0 Å². The topological polar surface area (TPSA) is 83.9 Å². The highest BCUT2D eigenvalue weighted by Crippen LogP contribution is 2.28. The second-order valence-electron chi connectivity index (χ2n) is 4.55. The molecule has 0 aromatic carbocycles. The molecule has 2 amide bonds. The summed E-state index contributed by atoms with van der Waals surface area (Å²) < 4.78 is 5.25. The number of nitrogens with zero attached hydrogens (tertiary/aromatic N) is 1. The summed E-state index contributed by atoms with van der Waals surface area (Å²) in [6.45, 7) is 1.73. The van der Waals surface area contributed by atoms with Crippen LogP contribution in [0.4, 0.5) is 0 Å². The minimum absolute atomic E-state index is 0.168. The van der Waals surface area contributed by atoms with Crippen LogP contribution in [0.3, 0.4) is 0 Å². The predicted octanol–water partition coefficient (Wildman–Crippen LogP) is 0.0136. The number of morpholine rings is 1. The normalized spacial score (nSPS) is 29.6. The van der Waals surface area contributed by atoms with Crippen LogP contribution < -0.4 is 0 Å². The van der Waals surface area contributed by atoms with E-state index in [1.807, 2.05) is 0 Å². The zero-order chi connectivity index (χ0) is 12.6. The van der Waals surface area contributed by atoms with E-state index in [1.165, 1.54) is 0 Å². The van der Waals surface area contributed by atoms with Crippen molar-refractivity contribution in [1.29, 1.82) is 0 Å². The monoisotopic (exact) mass is 241 g/mol. The number of hydrogen-bond donors (Lipinski definition) is 1. The molecule has 0 spiro atoms. The molecule has 2 heterocycles. The van der Waals surface area contributed by atoms with Gasteiger partial charge in [0, 0.05) is 6.54 Å². The Morgan fingerprint density at radius 3 is 2.41 bits per heavy atom. The minimum atomic E-state index is -0.916. The number of fused-ring (bicyclic) bond motifs is 2. The number of carbonyl (C=O) groups excluding carboxylic acids is 2. The molecule has 6 heteroatoms. The molecule has 17 heavy (non-hydrogen) atoms. The molecule has 2 aliphatic rings. The Hall–Kier alpha value is -1.43. The van der Waals surface area contributed by atoms with E-state index >= 15 is 0 Å². The summed E-state index contributed by atoms with van der Waals surface area (Å²) in [4.78, 5) is 35.4. The van der Waals surface area contributed by atoms with Gasteiger partial charge in [0.05, 0.1) is 5.92 Å². The maximum absolute atomic E-state index is 11.8. The molecule has 1 N–H and O–H groups in total. The van der Waals surface area contributed by atoms with Gasteiger partial charge in [-0.3, -0.25) is 19.3 Å².